The van der Waals surface area contributed by atoms with Gasteiger partial charge in [-0.05, 0) is 24.3 Å². The summed E-state index contributed by atoms with van der Waals surface area (Å²) >= 11 is 6.93. The fraction of sp³-hybridized carbons (Fsp3) is 0.100. The second kappa shape index (κ2) is 5.03. The number of hydrogen-bond donors (Lipinski definition) is 1. The minimum absolute atomic E-state index is 0.273. The number of anilines is 2. The molecule has 18 heavy (non-hydrogen) atoms. The number of aromatic nitrogens is 1. The Morgan fingerprint density at radius 2 is 1.89 bits per heavy atom. The van der Waals surface area contributed by atoms with Crippen LogP contribution in [0.3, 0.4) is 0 Å². The molecule has 0 aliphatic carbocycles. The van der Waals surface area contributed by atoms with Crippen molar-refractivity contribution in [3.63, 3.8) is 0 Å². The van der Waals surface area contributed by atoms with E-state index in [0.717, 1.165) is 0 Å². The highest BCUT2D eigenvalue weighted by atomic mass is 35.5. The molecule has 3 nitrogen and oxygen atoms in total. The highest BCUT2D eigenvalue weighted by Crippen LogP contribution is 2.27. The van der Waals surface area contributed by atoms with E-state index in [1.54, 1.807) is 5.38 Å². The number of ether oxygens (including phenoxy) is 1. The lowest BCUT2D eigenvalue weighted by molar-refractivity contribution is -0.274. The third-order valence-corrected chi connectivity index (χ3v) is 2.90. The molecule has 8 heteroatoms. The first-order chi connectivity index (χ1) is 8.42. The average molecular weight is 295 g/mol. The monoisotopic (exact) mass is 294 g/mol. The van der Waals surface area contributed by atoms with Crippen LogP contribution in [-0.2, 0) is 0 Å². The molecule has 1 N–H and O–H groups in total. The topological polar surface area (TPSA) is 34.1 Å². The van der Waals surface area contributed by atoms with E-state index >= 15 is 0 Å². The summed E-state index contributed by atoms with van der Waals surface area (Å²) in [6, 6.07) is 5.34. The van der Waals surface area contributed by atoms with Crippen molar-refractivity contribution in [2.45, 2.75) is 6.36 Å². The fourth-order valence-electron chi connectivity index (χ4n) is 1.17. The van der Waals surface area contributed by atoms with Gasteiger partial charge in [-0.1, -0.05) is 11.6 Å². The van der Waals surface area contributed by atoms with Gasteiger partial charge in [0, 0.05) is 11.1 Å². The van der Waals surface area contributed by atoms with Gasteiger partial charge in [0.15, 0.2) is 5.13 Å². The van der Waals surface area contributed by atoms with Crippen LogP contribution < -0.4 is 10.1 Å². The van der Waals surface area contributed by atoms with Gasteiger partial charge in [0.1, 0.15) is 10.9 Å². The van der Waals surface area contributed by atoms with E-state index in [2.05, 4.69) is 15.0 Å². The fourth-order valence-corrected chi connectivity index (χ4v) is 2.03. The van der Waals surface area contributed by atoms with E-state index in [4.69, 9.17) is 11.6 Å². The number of rotatable bonds is 3. The Morgan fingerprint density at radius 1 is 1.22 bits per heavy atom. The molecular weight excluding hydrogens is 289 g/mol. The van der Waals surface area contributed by atoms with Crippen LogP contribution in [0.15, 0.2) is 29.6 Å². The molecular formula is C10H6ClF3N2OS. The number of hydrogen-bond acceptors (Lipinski definition) is 4. The molecule has 1 heterocycles. The molecule has 1 aromatic heterocycles. The first-order valence-electron chi connectivity index (χ1n) is 4.66. The number of alkyl halides is 3. The van der Waals surface area contributed by atoms with E-state index in [1.165, 1.54) is 35.6 Å². The largest absolute Gasteiger partial charge is 0.573 e. The Balaban J connectivity index is 2.04. The SMILES string of the molecule is FC(F)(F)Oc1ccc(Nc2nc(Cl)cs2)cc1. The van der Waals surface area contributed by atoms with E-state index in [-0.39, 0.29) is 5.75 Å². The van der Waals surface area contributed by atoms with Gasteiger partial charge in [0.25, 0.3) is 0 Å². The number of thiazole rings is 1. The maximum atomic E-state index is 11.9. The van der Waals surface area contributed by atoms with Gasteiger partial charge in [-0.15, -0.1) is 24.5 Å². The van der Waals surface area contributed by atoms with Crippen LogP contribution in [0.4, 0.5) is 24.0 Å². The van der Waals surface area contributed by atoms with E-state index < -0.39 is 6.36 Å². The summed E-state index contributed by atoms with van der Waals surface area (Å²) in [5.74, 6) is -0.273. The Hall–Kier alpha value is -1.47. The van der Waals surface area contributed by atoms with Crippen LogP contribution in [0.1, 0.15) is 0 Å². The summed E-state index contributed by atoms with van der Waals surface area (Å²) in [5.41, 5.74) is 0.593. The number of nitrogens with zero attached hydrogens (tertiary/aromatic N) is 1. The first-order valence-corrected chi connectivity index (χ1v) is 5.92. The van der Waals surface area contributed by atoms with Crippen LogP contribution in [0, 0.1) is 0 Å². The van der Waals surface area contributed by atoms with Gasteiger partial charge in [-0.2, -0.15) is 0 Å². The molecule has 0 saturated heterocycles. The van der Waals surface area contributed by atoms with E-state index in [1.807, 2.05) is 0 Å². The van der Waals surface area contributed by atoms with Crippen LogP contribution in [0.5, 0.6) is 5.75 Å². The molecule has 0 saturated carbocycles. The Bertz CT molecular complexity index is 527. The standard InChI is InChI=1S/C10H6ClF3N2OS/c11-8-5-18-9(16-8)15-6-1-3-7(4-2-6)17-10(12,13)14/h1-5H,(H,15,16). The lowest BCUT2D eigenvalue weighted by Gasteiger charge is -2.09. The molecule has 1 aromatic carbocycles. The van der Waals surface area contributed by atoms with Crippen LogP contribution >= 0.6 is 22.9 Å². The highest BCUT2D eigenvalue weighted by Gasteiger charge is 2.30. The molecule has 0 spiro atoms. The van der Waals surface area contributed by atoms with Crippen molar-refractivity contribution < 1.29 is 17.9 Å². The second-order valence-corrected chi connectivity index (χ2v) is 4.42. The maximum Gasteiger partial charge on any atom is 0.573 e. The lowest BCUT2D eigenvalue weighted by atomic mass is 10.3. The van der Waals surface area contributed by atoms with E-state index in [9.17, 15) is 13.2 Å². The smallest absolute Gasteiger partial charge is 0.406 e. The minimum Gasteiger partial charge on any atom is -0.406 e. The summed E-state index contributed by atoms with van der Waals surface area (Å²) in [6.45, 7) is 0. The van der Waals surface area contributed by atoms with E-state index in [0.29, 0.717) is 16.0 Å². The minimum atomic E-state index is -4.68. The number of halogens is 4. The normalized spacial score (nSPS) is 11.3. The quantitative estimate of drug-likeness (QED) is 0.909. The molecule has 0 aliphatic heterocycles. The summed E-state index contributed by atoms with van der Waals surface area (Å²) < 4.78 is 39.5. The molecule has 96 valence electrons. The predicted octanol–water partition coefficient (Wildman–Crippen LogP) is 4.44. The van der Waals surface area contributed by atoms with Crippen molar-refractivity contribution in [3.05, 3.63) is 34.8 Å². The molecule has 0 fully saturated rings. The van der Waals surface area contributed by atoms with Crippen molar-refractivity contribution in [1.29, 1.82) is 0 Å². The molecule has 0 aliphatic rings. The Labute approximate surface area is 109 Å². The van der Waals surface area contributed by atoms with Crippen molar-refractivity contribution >= 4 is 33.8 Å². The highest BCUT2D eigenvalue weighted by molar-refractivity contribution is 7.14. The van der Waals surface area contributed by atoms with Crippen LogP contribution in [0.2, 0.25) is 5.15 Å². The zero-order chi connectivity index (χ0) is 13.2. The molecule has 0 atom stereocenters. The summed E-state index contributed by atoms with van der Waals surface area (Å²) in [5, 5.41) is 5.47. The molecule has 0 bridgehead atoms. The molecule has 2 rings (SSSR count). The first kappa shape index (κ1) is 13.0. The third-order valence-electron chi connectivity index (χ3n) is 1.82. The number of nitrogens with one attached hydrogen (secondary N) is 1. The molecule has 0 radical (unpaired) electrons. The number of benzene rings is 1. The Kier molecular flexibility index (Phi) is 3.63. The third kappa shape index (κ3) is 3.78. The molecule has 0 unspecified atom stereocenters. The zero-order valence-electron chi connectivity index (χ0n) is 8.66. The molecule has 0 amide bonds. The van der Waals surface area contributed by atoms with Gasteiger partial charge in [-0.3, -0.25) is 0 Å². The Morgan fingerprint density at radius 3 is 2.39 bits per heavy atom. The van der Waals surface area contributed by atoms with Crippen molar-refractivity contribution in [3.8, 4) is 5.75 Å². The van der Waals surface area contributed by atoms with Crippen molar-refractivity contribution in [1.82, 2.24) is 4.98 Å². The van der Waals surface area contributed by atoms with Gasteiger partial charge in [-0.25, -0.2) is 4.98 Å². The summed E-state index contributed by atoms with van der Waals surface area (Å²) in [4.78, 5) is 3.95. The lowest BCUT2D eigenvalue weighted by Crippen LogP contribution is -2.16. The van der Waals surface area contributed by atoms with Gasteiger partial charge >= 0.3 is 6.36 Å². The van der Waals surface area contributed by atoms with Crippen molar-refractivity contribution in [2.24, 2.45) is 0 Å². The summed E-state index contributed by atoms with van der Waals surface area (Å²) in [6.07, 6.45) is -4.68. The van der Waals surface area contributed by atoms with Gasteiger partial charge in [0.05, 0.1) is 0 Å². The van der Waals surface area contributed by atoms with Crippen LogP contribution in [0.25, 0.3) is 0 Å². The molecule has 2 aromatic rings. The van der Waals surface area contributed by atoms with Crippen LogP contribution in [-0.4, -0.2) is 11.3 Å². The summed E-state index contributed by atoms with van der Waals surface area (Å²) in [7, 11) is 0. The zero-order valence-corrected chi connectivity index (χ0v) is 10.2. The average Bonchev–Trinajstić information content (AvgIpc) is 2.65. The van der Waals surface area contributed by atoms with Gasteiger partial charge in [0.2, 0.25) is 0 Å². The van der Waals surface area contributed by atoms with Gasteiger partial charge < -0.3 is 10.1 Å². The van der Waals surface area contributed by atoms with Crippen molar-refractivity contribution in [2.75, 3.05) is 5.32 Å². The second-order valence-electron chi connectivity index (χ2n) is 3.17. The predicted molar refractivity (Wildman–Crippen MR) is 63.5 cm³/mol. The maximum absolute atomic E-state index is 11.9.